The summed E-state index contributed by atoms with van der Waals surface area (Å²) in [6.07, 6.45) is 0. The molecule has 4 aromatic carbocycles. The van der Waals surface area contributed by atoms with E-state index in [0.717, 1.165) is 16.7 Å². The van der Waals surface area contributed by atoms with Gasteiger partial charge in [0.1, 0.15) is 16.0 Å². The second-order valence-electron chi connectivity index (χ2n) is 7.64. The van der Waals surface area contributed by atoms with Gasteiger partial charge in [0.2, 0.25) is 0 Å². The van der Waals surface area contributed by atoms with E-state index in [2.05, 4.69) is 15.9 Å². The first-order valence-electron chi connectivity index (χ1n) is 10.3. The van der Waals surface area contributed by atoms with Crippen molar-refractivity contribution in [2.75, 3.05) is 0 Å². The number of carboxylic acids is 1. The number of halogens is 2. The van der Waals surface area contributed by atoms with Crippen LogP contribution in [0.1, 0.15) is 27.0 Å². The van der Waals surface area contributed by atoms with Crippen LogP contribution in [-0.2, 0) is 5.54 Å². The van der Waals surface area contributed by atoms with Crippen molar-refractivity contribution >= 4 is 32.8 Å². The molecule has 5 rings (SSSR count). The van der Waals surface area contributed by atoms with Gasteiger partial charge in [0.15, 0.2) is 0 Å². The molecule has 5 aromatic rings. The molecule has 162 valence electrons. The molecule has 0 aliphatic carbocycles. The van der Waals surface area contributed by atoms with E-state index in [1.807, 2.05) is 91.0 Å². The van der Waals surface area contributed by atoms with Crippen LogP contribution >= 0.6 is 15.9 Å². The molecule has 0 saturated heterocycles. The SMILES string of the molecule is O=C(O)c1ccc2c(c(Br)nn2C(c2ccccc2)(c2ccccc2)c2ccccc2)c1F. The summed E-state index contributed by atoms with van der Waals surface area (Å²) >= 11 is 3.40. The van der Waals surface area contributed by atoms with Crippen LogP contribution < -0.4 is 0 Å². The Hall–Kier alpha value is -3.77. The largest absolute Gasteiger partial charge is 0.478 e. The van der Waals surface area contributed by atoms with E-state index in [4.69, 9.17) is 5.10 Å². The Kier molecular flexibility index (Phi) is 5.30. The minimum Gasteiger partial charge on any atom is -0.478 e. The summed E-state index contributed by atoms with van der Waals surface area (Å²) in [5.41, 5.74) is 1.94. The standard InChI is InChI=1S/C27H18BrFN2O2/c28-25-23-22(17-16-21(24(23)29)26(32)33)31(30-25)27(18-10-4-1-5-11-18,19-12-6-2-7-13-19)20-14-8-3-9-15-20/h1-17H,(H,32,33). The van der Waals surface area contributed by atoms with Crippen LogP contribution in [0.15, 0.2) is 108 Å². The molecule has 0 spiro atoms. The van der Waals surface area contributed by atoms with Gasteiger partial charge in [-0.25, -0.2) is 13.9 Å². The highest BCUT2D eigenvalue weighted by atomic mass is 79.9. The third-order valence-electron chi connectivity index (χ3n) is 5.87. The molecule has 1 aromatic heterocycles. The number of carbonyl (C=O) groups is 1. The number of hydrogen-bond acceptors (Lipinski definition) is 2. The average Bonchev–Trinajstić information content (AvgIpc) is 3.19. The van der Waals surface area contributed by atoms with E-state index in [1.54, 1.807) is 10.7 Å². The van der Waals surface area contributed by atoms with Crippen LogP contribution in [0.5, 0.6) is 0 Å². The van der Waals surface area contributed by atoms with Gasteiger partial charge < -0.3 is 5.11 Å². The molecule has 33 heavy (non-hydrogen) atoms. The maximum absolute atomic E-state index is 15.3. The smallest absolute Gasteiger partial charge is 0.338 e. The second-order valence-corrected chi connectivity index (χ2v) is 8.39. The summed E-state index contributed by atoms with van der Waals surface area (Å²) in [4.78, 5) is 11.6. The van der Waals surface area contributed by atoms with E-state index in [9.17, 15) is 9.90 Å². The van der Waals surface area contributed by atoms with Crippen LogP contribution in [0.2, 0.25) is 0 Å². The van der Waals surface area contributed by atoms with Crippen molar-refractivity contribution in [1.29, 1.82) is 0 Å². The third-order valence-corrected chi connectivity index (χ3v) is 6.42. The predicted molar refractivity (Wildman–Crippen MR) is 129 cm³/mol. The summed E-state index contributed by atoms with van der Waals surface area (Å²) < 4.78 is 17.3. The van der Waals surface area contributed by atoms with E-state index in [-0.39, 0.29) is 9.99 Å². The fourth-order valence-corrected chi connectivity index (χ4v) is 4.99. The molecule has 6 heteroatoms. The average molecular weight is 501 g/mol. The normalized spacial score (nSPS) is 11.6. The first-order valence-corrected chi connectivity index (χ1v) is 11.1. The van der Waals surface area contributed by atoms with Gasteiger partial charge in [-0.1, -0.05) is 91.0 Å². The summed E-state index contributed by atoms with van der Waals surface area (Å²) in [6.45, 7) is 0. The minimum atomic E-state index is -1.32. The molecule has 0 radical (unpaired) electrons. The highest BCUT2D eigenvalue weighted by molar-refractivity contribution is 9.10. The van der Waals surface area contributed by atoms with Crippen LogP contribution in [0.25, 0.3) is 10.9 Å². The zero-order valence-corrected chi connectivity index (χ0v) is 18.9. The number of carboxylic acid groups (broad SMARTS) is 1. The number of hydrogen-bond donors (Lipinski definition) is 1. The molecule has 0 amide bonds. The molecule has 0 saturated carbocycles. The summed E-state index contributed by atoms with van der Waals surface area (Å²) in [7, 11) is 0. The van der Waals surface area contributed by atoms with E-state index in [1.165, 1.54) is 6.07 Å². The summed E-state index contributed by atoms with van der Waals surface area (Å²) in [5.74, 6) is -2.14. The molecular formula is C27H18BrFN2O2. The number of rotatable bonds is 5. The van der Waals surface area contributed by atoms with Crippen molar-refractivity contribution in [1.82, 2.24) is 9.78 Å². The molecule has 1 N–H and O–H groups in total. The Morgan fingerprint density at radius 2 is 1.24 bits per heavy atom. The van der Waals surface area contributed by atoms with Crippen molar-refractivity contribution in [3.05, 3.63) is 136 Å². The first kappa shape index (κ1) is 21.1. The lowest BCUT2D eigenvalue weighted by molar-refractivity contribution is 0.0692. The van der Waals surface area contributed by atoms with Gasteiger partial charge in [0, 0.05) is 0 Å². The van der Waals surface area contributed by atoms with Gasteiger partial charge >= 0.3 is 5.97 Å². The van der Waals surface area contributed by atoms with Crippen molar-refractivity contribution in [2.45, 2.75) is 5.54 Å². The molecule has 0 atom stereocenters. The van der Waals surface area contributed by atoms with Crippen molar-refractivity contribution < 1.29 is 14.3 Å². The quantitative estimate of drug-likeness (QED) is 0.281. The zero-order valence-electron chi connectivity index (χ0n) is 17.3. The molecule has 4 nitrogen and oxygen atoms in total. The van der Waals surface area contributed by atoms with Crippen molar-refractivity contribution in [3.8, 4) is 0 Å². The van der Waals surface area contributed by atoms with Gasteiger partial charge in [-0.3, -0.25) is 0 Å². The minimum absolute atomic E-state index is 0.127. The Morgan fingerprint density at radius 1 is 0.788 bits per heavy atom. The lowest BCUT2D eigenvalue weighted by Crippen LogP contribution is -2.38. The Bertz CT molecular complexity index is 1360. The fourth-order valence-electron chi connectivity index (χ4n) is 4.46. The Labute approximate surface area is 198 Å². The molecule has 0 unspecified atom stereocenters. The lowest BCUT2D eigenvalue weighted by atomic mass is 9.77. The molecular weight excluding hydrogens is 483 g/mol. The number of aromatic nitrogens is 2. The number of benzene rings is 4. The monoisotopic (exact) mass is 500 g/mol. The van der Waals surface area contributed by atoms with Gasteiger partial charge in [-0.05, 0) is 44.8 Å². The topological polar surface area (TPSA) is 55.1 Å². The van der Waals surface area contributed by atoms with Gasteiger partial charge in [0.05, 0.1) is 16.5 Å². The van der Waals surface area contributed by atoms with Crippen LogP contribution in [-0.4, -0.2) is 20.9 Å². The van der Waals surface area contributed by atoms with E-state index < -0.39 is 22.9 Å². The van der Waals surface area contributed by atoms with Crippen LogP contribution in [0.4, 0.5) is 4.39 Å². The highest BCUT2D eigenvalue weighted by Crippen LogP contribution is 2.43. The van der Waals surface area contributed by atoms with Crippen molar-refractivity contribution in [3.63, 3.8) is 0 Å². The van der Waals surface area contributed by atoms with Gasteiger partial charge in [0.25, 0.3) is 0 Å². The molecule has 0 fully saturated rings. The summed E-state index contributed by atoms with van der Waals surface area (Å²) in [5, 5.41) is 14.3. The van der Waals surface area contributed by atoms with Crippen molar-refractivity contribution in [2.24, 2.45) is 0 Å². The molecule has 0 bridgehead atoms. The van der Waals surface area contributed by atoms with Gasteiger partial charge in [-0.15, -0.1) is 0 Å². The maximum Gasteiger partial charge on any atom is 0.338 e. The Morgan fingerprint density at radius 3 is 1.67 bits per heavy atom. The predicted octanol–water partition coefficient (Wildman–Crippen LogP) is 6.48. The highest BCUT2D eigenvalue weighted by Gasteiger charge is 2.41. The number of aromatic carboxylic acids is 1. The number of fused-ring (bicyclic) bond motifs is 1. The number of nitrogens with zero attached hydrogens (tertiary/aromatic N) is 2. The maximum atomic E-state index is 15.3. The van der Waals surface area contributed by atoms with E-state index in [0.29, 0.717) is 5.52 Å². The first-order chi connectivity index (χ1) is 16.0. The third kappa shape index (κ3) is 3.26. The molecule has 0 aliphatic heterocycles. The van der Waals surface area contributed by atoms with Crippen LogP contribution in [0.3, 0.4) is 0 Å². The second kappa shape index (κ2) is 8.30. The molecule has 0 aliphatic rings. The summed E-state index contributed by atoms with van der Waals surface area (Å²) in [6, 6.07) is 32.6. The van der Waals surface area contributed by atoms with Crippen LogP contribution in [0, 0.1) is 5.82 Å². The fraction of sp³-hybridized carbons (Fsp3) is 0.0370. The Balaban J connectivity index is 1.98. The molecule has 1 heterocycles. The van der Waals surface area contributed by atoms with E-state index >= 15 is 4.39 Å². The zero-order chi connectivity index (χ0) is 23.0. The van der Waals surface area contributed by atoms with Gasteiger partial charge in [-0.2, -0.15) is 5.10 Å². The lowest BCUT2D eigenvalue weighted by Gasteiger charge is -2.37.